The summed E-state index contributed by atoms with van der Waals surface area (Å²) < 4.78 is 12.5. The molecule has 0 N–H and O–H groups in total. The first-order valence-corrected chi connectivity index (χ1v) is 8.67. The number of rotatable bonds is 0. The van der Waals surface area contributed by atoms with Gasteiger partial charge >= 0.3 is 0 Å². The van der Waals surface area contributed by atoms with Crippen molar-refractivity contribution in [3.63, 3.8) is 0 Å². The summed E-state index contributed by atoms with van der Waals surface area (Å²) in [6.07, 6.45) is 1.04. The third-order valence-corrected chi connectivity index (χ3v) is 5.43. The monoisotopic (exact) mass is 340 g/mol. The quantitative estimate of drug-likeness (QED) is 0.568. The summed E-state index contributed by atoms with van der Waals surface area (Å²) in [6.45, 7) is 3.65. The zero-order valence-electron chi connectivity index (χ0n) is 14.6. The largest absolute Gasteiger partial charge is 0.471 e. The fourth-order valence-electron chi connectivity index (χ4n) is 4.27. The van der Waals surface area contributed by atoms with Gasteiger partial charge in [0.1, 0.15) is 23.6 Å². The maximum absolute atomic E-state index is 9.63. The molecule has 0 spiro atoms. The van der Waals surface area contributed by atoms with Crippen LogP contribution in [-0.4, -0.2) is 11.2 Å². The molecule has 2 atom stereocenters. The van der Waals surface area contributed by atoms with Crippen LogP contribution in [0.5, 0.6) is 11.5 Å². The van der Waals surface area contributed by atoms with Crippen LogP contribution in [0.3, 0.4) is 0 Å². The topological polar surface area (TPSA) is 66.0 Å². The second-order valence-electron chi connectivity index (χ2n) is 7.58. The van der Waals surface area contributed by atoms with Crippen LogP contribution in [0.25, 0.3) is 21.5 Å². The SMILES string of the molecule is C[C@]1(C#N)Cc2cccc3c4c5c(cccc5c(c23)O1)C[C@](C)(C#N)O4. The van der Waals surface area contributed by atoms with Gasteiger partial charge in [-0.25, -0.2) is 0 Å². The molecule has 0 unspecified atom stereocenters. The minimum Gasteiger partial charge on any atom is -0.471 e. The zero-order chi connectivity index (χ0) is 18.1. The molecule has 0 saturated heterocycles. The number of fused-ring (bicyclic) bond motifs is 2. The lowest BCUT2D eigenvalue weighted by molar-refractivity contribution is 0.142. The van der Waals surface area contributed by atoms with Gasteiger partial charge in [0.15, 0.2) is 11.2 Å². The van der Waals surface area contributed by atoms with E-state index in [2.05, 4.69) is 12.1 Å². The highest BCUT2D eigenvalue weighted by Crippen LogP contribution is 2.51. The van der Waals surface area contributed by atoms with E-state index in [9.17, 15) is 10.5 Å². The molecule has 5 rings (SSSR count). The molecule has 2 aliphatic heterocycles. The van der Waals surface area contributed by atoms with Gasteiger partial charge < -0.3 is 9.47 Å². The van der Waals surface area contributed by atoms with Crippen LogP contribution in [0.2, 0.25) is 0 Å². The van der Waals surface area contributed by atoms with Crippen LogP contribution >= 0.6 is 0 Å². The first-order chi connectivity index (χ1) is 12.5. The van der Waals surface area contributed by atoms with Crippen molar-refractivity contribution in [3.05, 3.63) is 47.5 Å². The highest BCUT2D eigenvalue weighted by atomic mass is 16.5. The van der Waals surface area contributed by atoms with Gasteiger partial charge in [0.25, 0.3) is 0 Å². The standard InChI is InChI=1S/C22H16N2O2/c1-21(11-23)9-13-5-3-8-16-17(13)19(25-21)15-7-4-6-14-10-22(2,12-24)26-20(16)18(14)15/h3-8H,9-10H2,1-2H3/t21-,22-/m1/s1. The van der Waals surface area contributed by atoms with E-state index in [1.165, 1.54) is 0 Å². The number of benzene rings is 3. The fourth-order valence-corrected chi connectivity index (χ4v) is 4.27. The molecule has 0 amide bonds. The van der Waals surface area contributed by atoms with Gasteiger partial charge in [0.05, 0.1) is 0 Å². The van der Waals surface area contributed by atoms with Crippen molar-refractivity contribution in [1.29, 1.82) is 10.5 Å². The maximum Gasteiger partial charge on any atom is 0.195 e. The van der Waals surface area contributed by atoms with Crippen molar-refractivity contribution in [2.45, 2.75) is 37.9 Å². The summed E-state index contributed by atoms with van der Waals surface area (Å²) >= 11 is 0. The normalized spacial score (nSPS) is 25.8. The molecule has 0 aromatic heterocycles. The average molecular weight is 340 g/mol. The van der Waals surface area contributed by atoms with E-state index in [-0.39, 0.29) is 0 Å². The van der Waals surface area contributed by atoms with Crippen LogP contribution < -0.4 is 9.47 Å². The van der Waals surface area contributed by atoms with Crippen molar-refractivity contribution in [2.24, 2.45) is 0 Å². The molecule has 0 bridgehead atoms. The summed E-state index contributed by atoms with van der Waals surface area (Å²) in [5, 5.41) is 23.1. The van der Waals surface area contributed by atoms with Gasteiger partial charge in [-0.15, -0.1) is 0 Å². The Hall–Kier alpha value is -3.24. The second-order valence-corrected chi connectivity index (χ2v) is 7.58. The molecular weight excluding hydrogens is 324 g/mol. The molecule has 0 aliphatic carbocycles. The molecule has 2 aliphatic rings. The van der Waals surface area contributed by atoms with Crippen LogP contribution in [0.1, 0.15) is 25.0 Å². The van der Waals surface area contributed by atoms with Gasteiger partial charge in [0, 0.05) is 34.4 Å². The molecule has 26 heavy (non-hydrogen) atoms. The molecule has 4 nitrogen and oxygen atoms in total. The minimum absolute atomic E-state index is 0.522. The van der Waals surface area contributed by atoms with E-state index in [4.69, 9.17) is 9.47 Å². The lowest BCUT2D eigenvalue weighted by atomic mass is 9.84. The predicted molar refractivity (Wildman–Crippen MR) is 98.2 cm³/mol. The fraction of sp³-hybridized carbons (Fsp3) is 0.273. The van der Waals surface area contributed by atoms with Crippen LogP contribution in [0, 0.1) is 22.7 Å². The lowest BCUT2D eigenvalue weighted by Gasteiger charge is -2.35. The molecule has 4 heteroatoms. The lowest BCUT2D eigenvalue weighted by Crippen LogP contribution is -2.37. The number of nitriles is 2. The Morgan fingerprint density at radius 3 is 1.58 bits per heavy atom. The molecule has 3 aromatic rings. The number of nitrogens with zero attached hydrogens (tertiary/aromatic N) is 2. The van der Waals surface area contributed by atoms with Crippen molar-refractivity contribution < 1.29 is 9.47 Å². The maximum atomic E-state index is 9.63. The van der Waals surface area contributed by atoms with Crippen molar-refractivity contribution in [1.82, 2.24) is 0 Å². The van der Waals surface area contributed by atoms with E-state index < -0.39 is 11.2 Å². The van der Waals surface area contributed by atoms with E-state index in [1.807, 2.05) is 50.2 Å². The number of hydrogen-bond acceptors (Lipinski definition) is 4. The highest BCUT2D eigenvalue weighted by molar-refractivity contribution is 6.14. The minimum atomic E-state index is -0.891. The highest BCUT2D eigenvalue weighted by Gasteiger charge is 2.39. The van der Waals surface area contributed by atoms with Gasteiger partial charge in [-0.3, -0.25) is 0 Å². The molecule has 0 radical (unpaired) electrons. The smallest absolute Gasteiger partial charge is 0.195 e. The number of hydrogen-bond donors (Lipinski definition) is 0. The summed E-state index contributed by atoms with van der Waals surface area (Å²) in [5.74, 6) is 1.49. The Balaban J connectivity index is 1.97. The average Bonchev–Trinajstić information content (AvgIpc) is 2.65. The van der Waals surface area contributed by atoms with Gasteiger partial charge in [-0.2, -0.15) is 10.5 Å². The summed E-state index contributed by atoms with van der Waals surface area (Å²) in [4.78, 5) is 0. The molecule has 0 saturated carbocycles. The van der Waals surface area contributed by atoms with Gasteiger partial charge in [-0.05, 0) is 25.0 Å². The third kappa shape index (κ3) is 1.82. The molecular formula is C22H16N2O2. The number of ether oxygens (including phenoxy) is 2. The summed E-state index contributed by atoms with van der Waals surface area (Å²) in [7, 11) is 0. The Morgan fingerprint density at radius 2 is 1.19 bits per heavy atom. The van der Waals surface area contributed by atoms with E-state index in [0.29, 0.717) is 12.8 Å². The molecule has 126 valence electrons. The Morgan fingerprint density at radius 1 is 0.769 bits per heavy atom. The summed E-state index contributed by atoms with van der Waals surface area (Å²) in [5.41, 5.74) is 0.365. The zero-order valence-corrected chi connectivity index (χ0v) is 14.6. The Bertz CT molecular complexity index is 1110. The van der Waals surface area contributed by atoms with Crippen LogP contribution in [0.15, 0.2) is 36.4 Å². The predicted octanol–water partition coefficient (Wildman–Crippen LogP) is 4.43. The Labute approximate surface area is 151 Å². The first kappa shape index (κ1) is 15.0. The van der Waals surface area contributed by atoms with E-state index in [1.54, 1.807) is 0 Å². The Kier molecular flexibility index (Phi) is 2.71. The van der Waals surface area contributed by atoms with Crippen LogP contribution in [0.4, 0.5) is 0 Å². The van der Waals surface area contributed by atoms with Crippen LogP contribution in [-0.2, 0) is 12.8 Å². The van der Waals surface area contributed by atoms with Gasteiger partial charge in [-0.1, -0.05) is 36.4 Å². The van der Waals surface area contributed by atoms with Crippen molar-refractivity contribution in [3.8, 4) is 23.6 Å². The van der Waals surface area contributed by atoms with Crippen molar-refractivity contribution >= 4 is 21.5 Å². The van der Waals surface area contributed by atoms with Gasteiger partial charge in [0.2, 0.25) is 0 Å². The molecule has 2 heterocycles. The van der Waals surface area contributed by atoms with E-state index in [0.717, 1.165) is 44.2 Å². The van der Waals surface area contributed by atoms with E-state index >= 15 is 0 Å². The summed E-state index contributed by atoms with van der Waals surface area (Å²) in [6, 6.07) is 16.7. The first-order valence-electron chi connectivity index (χ1n) is 8.67. The second kappa shape index (κ2) is 4.68. The molecule has 0 fully saturated rings. The molecule has 3 aromatic carbocycles. The third-order valence-electron chi connectivity index (χ3n) is 5.43. The van der Waals surface area contributed by atoms with Crippen molar-refractivity contribution in [2.75, 3.05) is 0 Å².